The van der Waals surface area contributed by atoms with Crippen molar-refractivity contribution >= 4 is 22.8 Å². The minimum absolute atomic E-state index is 0.647. The summed E-state index contributed by atoms with van der Waals surface area (Å²) in [5.74, 6) is 2.45. The molecule has 2 aromatic carbocycles. The molecule has 206 valence electrons. The Morgan fingerprint density at radius 3 is 2.39 bits per heavy atom. The van der Waals surface area contributed by atoms with Crippen LogP contribution in [-0.4, -0.2) is 63.4 Å². The lowest BCUT2D eigenvalue weighted by Gasteiger charge is -2.49. The molecule has 5 rings (SSSR count). The van der Waals surface area contributed by atoms with E-state index < -0.39 is 0 Å². The van der Waals surface area contributed by atoms with Gasteiger partial charge in [0.1, 0.15) is 5.82 Å². The van der Waals surface area contributed by atoms with Crippen molar-refractivity contribution in [3.63, 3.8) is 0 Å². The summed E-state index contributed by atoms with van der Waals surface area (Å²) in [7, 11) is 2.18. The van der Waals surface area contributed by atoms with Crippen LogP contribution in [0.2, 0.25) is 0 Å². The van der Waals surface area contributed by atoms with Gasteiger partial charge in [-0.1, -0.05) is 39.0 Å². The van der Waals surface area contributed by atoms with Gasteiger partial charge in [-0.25, -0.2) is 4.98 Å². The van der Waals surface area contributed by atoms with Crippen LogP contribution in [0.25, 0.3) is 22.4 Å². The first-order chi connectivity index (χ1) is 18.3. The Labute approximate surface area is 235 Å². The Bertz CT molecular complexity index is 1220. The maximum Gasteiger partial charge on any atom is 0.140 e. The fourth-order valence-electron chi connectivity index (χ4n) is 7.20. The van der Waals surface area contributed by atoms with Crippen molar-refractivity contribution in [2.24, 2.45) is 13.0 Å². The van der Waals surface area contributed by atoms with E-state index in [0.29, 0.717) is 12.0 Å². The molecule has 0 amide bonds. The number of fused-ring (bicyclic) bond motifs is 1. The highest BCUT2D eigenvalue weighted by molar-refractivity contribution is 7.98. The monoisotopic (exact) mass is 532 g/mol. The molecule has 2 aliphatic heterocycles. The standard InChI is InChI=1S/C33H48N4S/c1-8-28-20-29(18-24(5)37(28)21-22(2)3)36-15-13-25(14-16-36)27-17-23(4)32-31(19-27)35(6)33(34-32)26-9-11-30(38-7)12-10-26/h9-12,17,19,22,24-25,28-29H,8,13-16,18,20-21H2,1-7H3. The third kappa shape index (κ3) is 5.57. The highest BCUT2D eigenvalue weighted by Crippen LogP contribution is 2.36. The van der Waals surface area contributed by atoms with E-state index in [9.17, 15) is 0 Å². The van der Waals surface area contributed by atoms with E-state index in [2.05, 4.69) is 98.7 Å². The van der Waals surface area contributed by atoms with Gasteiger partial charge in [-0.05, 0) is 106 Å². The molecule has 0 spiro atoms. The first-order valence-electron chi connectivity index (χ1n) is 14.9. The van der Waals surface area contributed by atoms with Crippen molar-refractivity contribution in [2.45, 2.75) is 95.7 Å². The summed E-state index contributed by atoms with van der Waals surface area (Å²) < 4.78 is 2.30. The van der Waals surface area contributed by atoms with E-state index in [1.807, 2.05) is 0 Å². The van der Waals surface area contributed by atoms with E-state index in [-0.39, 0.29) is 0 Å². The second-order valence-electron chi connectivity index (χ2n) is 12.4. The SMILES string of the molecule is CCC1CC(N2CCC(c3cc(C)c4nc(-c5ccc(SC)cc5)n(C)c4c3)CC2)CC(C)N1CC(C)C. The molecule has 1 aromatic heterocycles. The molecular formula is C33H48N4S. The van der Waals surface area contributed by atoms with E-state index in [1.165, 1.54) is 78.8 Å². The number of imidazole rings is 1. The highest BCUT2D eigenvalue weighted by Gasteiger charge is 2.36. The zero-order chi connectivity index (χ0) is 27.0. The van der Waals surface area contributed by atoms with Crippen molar-refractivity contribution in [3.8, 4) is 11.4 Å². The normalized spacial score (nSPS) is 24.1. The predicted molar refractivity (Wildman–Crippen MR) is 164 cm³/mol. The first-order valence-corrected chi connectivity index (χ1v) is 16.1. The molecule has 0 bridgehead atoms. The molecule has 2 fully saturated rings. The molecule has 5 heteroatoms. The smallest absolute Gasteiger partial charge is 0.140 e. The van der Waals surface area contributed by atoms with Crippen molar-refractivity contribution in [1.82, 2.24) is 19.4 Å². The third-order valence-electron chi connectivity index (χ3n) is 9.30. The average molecular weight is 533 g/mol. The lowest BCUT2D eigenvalue weighted by molar-refractivity contribution is 0.0113. The average Bonchev–Trinajstić information content (AvgIpc) is 3.26. The Hall–Kier alpha value is -1.82. The van der Waals surface area contributed by atoms with E-state index in [1.54, 1.807) is 11.8 Å². The summed E-state index contributed by atoms with van der Waals surface area (Å²) >= 11 is 1.78. The Morgan fingerprint density at radius 2 is 1.76 bits per heavy atom. The van der Waals surface area contributed by atoms with Crippen LogP contribution in [0.5, 0.6) is 0 Å². The summed E-state index contributed by atoms with van der Waals surface area (Å²) in [5, 5.41) is 0. The molecule has 0 saturated carbocycles. The fourth-order valence-corrected chi connectivity index (χ4v) is 7.61. The number of aromatic nitrogens is 2. The second-order valence-corrected chi connectivity index (χ2v) is 13.2. The van der Waals surface area contributed by atoms with Crippen LogP contribution in [-0.2, 0) is 7.05 Å². The van der Waals surface area contributed by atoms with Gasteiger partial charge in [0.25, 0.3) is 0 Å². The van der Waals surface area contributed by atoms with Crippen LogP contribution in [0.4, 0.5) is 0 Å². The topological polar surface area (TPSA) is 24.3 Å². The second kappa shape index (κ2) is 11.7. The fraction of sp³-hybridized carbons (Fsp3) is 0.606. The van der Waals surface area contributed by atoms with Crippen LogP contribution in [0.3, 0.4) is 0 Å². The van der Waals surface area contributed by atoms with Crippen molar-refractivity contribution in [2.75, 3.05) is 25.9 Å². The Balaban J connectivity index is 1.29. The minimum atomic E-state index is 0.647. The molecule has 38 heavy (non-hydrogen) atoms. The van der Waals surface area contributed by atoms with Gasteiger partial charge in [0.05, 0.1) is 11.0 Å². The number of hydrogen-bond donors (Lipinski definition) is 0. The van der Waals surface area contributed by atoms with Crippen LogP contribution >= 0.6 is 11.8 Å². The summed E-state index contributed by atoms with van der Waals surface area (Å²) in [4.78, 5) is 12.0. The van der Waals surface area contributed by atoms with Crippen LogP contribution in [0, 0.1) is 12.8 Å². The molecular weight excluding hydrogens is 484 g/mol. The minimum Gasteiger partial charge on any atom is -0.327 e. The zero-order valence-electron chi connectivity index (χ0n) is 24.7. The summed E-state index contributed by atoms with van der Waals surface area (Å²) in [6.07, 6.45) is 8.61. The van der Waals surface area contributed by atoms with Gasteiger partial charge in [-0.15, -0.1) is 11.8 Å². The zero-order valence-corrected chi connectivity index (χ0v) is 25.5. The number of likely N-dealkylation sites (tertiary alicyclic amines) is 2. The Kier molecular flexibility index (Phi) is 8.57. The quantitative estimate of drug-likeness (QED) is 0.291. The molecule has 4 nitrogen and oxygen atoms in total. The maximum absolute atomic E-state index is 5.09. The molecule has 3 heterocycles. The number of hydrogen-bond acceptors (Lipinski definition) is 4. The molecule has 0 aliphatic carbocycles. The van der Waals surface area contributed by atoms with E-state index in [4.69, 9.17) is 4.98 Å². The molecule has 0 N–H and O–H groups in total. The number of piperidine rings is 2. The van der Waals surface area contributed by atoms with Gasteiger partial charge in [0.2, 0.25) is 0 Å². The molecule has 3 aromatic rings. The summed E-state index contributed by atoms with van der Waals surface area (Å²) in [6.45, 7) is 15.6. The van der Waals surface area contributed by atoms with Gasteiger partial charge in [0.15, 0.2) is 0 Å². The maximum atomic E-state index is 5.09. The van der Waals surface area contributed by atoms with Gasteiger partial charge >= 0.3 is 0 Å². The number of benzene rings is 2. The predicted octanol–water partition coefficient (Wildman–Crippen LogP) is 7.74. The van der Waals surface area contributed by atoms with Gasteiger partial charge < -0.3 is 9.47 Å². The summed E-state index contributed by atoms with van der Waals surface area (Å²) in [5.41, 5.74) is 6.41. The summed E-state index contributed by atoms with van der Waals surface area (Å²) in [6, 6.07) is 15.9. The van der Waals surface area contributed by atoms with E-state index >= 15 is 0 Å². The number of aryl methyl sites for hydroxylation is 2. The third-order valence-corrected chi connectivity index (χ3v) is 10.0. The number of thioether (sulfide) groups is 1. The molecule has 2 aliphatic rings. The van der Waals surface area contributed by atoms with Crippen molar-refractivity contribution in [1.29, 1.82) is 0 Å². The van der Waals surface area contributed by atoms with Crippen molar-refractivity contribution in [3.05, 3.63) is 47.5 Å². The lowest BCUT2D eigenvalue weighted by Crippen LogP contribution is -2.55. The lowest BCUT2D eigenvalue weighted by atomic mass is 9.84. The van der Waals surface area contributed by atoms with Gasteiger partial charge in [0, 0.05) is 42.2 Å². The molecule has 3 atom stereocenters. The van der Waals surface area contributed by atoms with Crippen LogP contribution < -0.4 is 0 Å². The van der Waals surface area contributed by atoms with Crippen LogP contribution in [0.1, 0.15) is 76.8 Å². The number of nitrogens with zero attached hydrogens (tertiary/aromatic N) is 4. The largest absolute Gasteiger partial charge is 0.327 e. The number of rotatable bonds is 7. The van der Waals surface area contributed by atoms with Crippen molar-refractivity contribution < 1.29 is 0 Å². The van der Waals surface area contributed by atoms with Gasteiger partial charge in [-0.3, -0.25) is 4.90 Å². The highest BCUT2D eigenvalue weighted by atomic mass is 32.2. The Morgan fingerprint density at radius 1 is 1.05 bits per heavy atom. The van der Waals surface area contributed by atoms with Crippen LogP contribution in [0.15, 0.2) is 41.3 Å². The van der Waals surface area contributed by atoms with Gasteiger partial charge in [-0.2, -0.15) is 0 Å². The van der Waals surface area contributed by atoms with E-state index in [0.717, 1.165) is 29.3 Å². The molecule has 3 unspecified atom stereocenters. The first kappa shape index (κ1) is 27.7. The molecule has 0 radical (unpaired) electrons. The molecule has 2 saturated heterocycles.